The number of nitrogens with one attached hydrogen (secondary N) is 2. The summed E-state index contributed by atoms with van der Waals surface area (Å²) in [5.41, 5.74) is 2.72. The van der Waals surface area contributed by atoms with Gasteiger partial charge in [-0.1, -0.05) is 48.5 Å². The Labute approximate surface area is 172 Å². The van der Waals surface area contributed by atoms with Crippen molar-refractivity contribution in [3.63, 3.8) is 0 Å². The molecule has 5 heteroatoms. The molecule has 0 bridgehead atoms. The third kappa shape index (κ3) is 4.95. The topological polar surface area (TPSA) is 58.2 Å². The van der Waals surface area contributed by atoms with Crippen LogP contribution in [0.1, 0.15) is 39.2 Å². The van der Waals surface area contributed by atoms with E-state index in [0.717, 1.165) is 9.13 Å². The highest BCUT2D eigenvalue weighted by atomic mass is 127. The number of anilines is 1. The molecule has 1 unspecified atom stereocenters. The van der Waals surface area contributed by atoms with E-state index in [1.54, 1.807) is 30.3 Å². The number of carbonyl (C=O) groups is 2. The molecule has 0 saturated heterocycles. The molecule has 0 aliphatic carbocycles. The number of rotatable bonds is 5. The van der Waals surface area contributed by atoms with Gasteiger partial charge in [0.15, 0.2) is 0 Å². The highest BCUT2D eigenvalue weighted by Crippen LogP contribution is 2.17. The zero-order valence-electron chi connectivity index (χ0n) is 14.8. The van der Waals surface area contributed by atoms with Crippen LogP contribution in [0.3, 0.4) is 0 Å². The van der Waals surface area contributed by atoms with Gasteiger partial charge in [-0.3, -0.25) is 9.59 Å². The number of carbonyl (C=O) groups excluding carboxylic acids is 2. The minimum absolute atomic E-state index is 0.108. The Kier molecular flexibility index (Phi) is 6.24. The van der Waals surface area contributed by atoms with Crippen LogP contribution in [0.15, 0.2) is 78.9 Å². The van der Waals surface area contributed by atoms with Gasteiger partial charge in [0.1, 0.15) is 0 Å². The smallest absolute Gasteiger partial charge is 0.256 e. The summed E-state index contributed by atoms with van der Waals surface area (Å²) in [6.07, 6.45) is 0. The first-order valence-electron chi connectivity index (χ1n) is 8.56. The number of amides is 2. The van der Waals surface area contributed by atoms with Crippen LogP contribution >= 0.6 is 22.6 Å². The Morgan fingerprint density at radius 2 is 1.56 bits per heavy atom. The van der Waals surface area contributed by atoms with Crippen molar-refractivity contribution < 1.29 is 9.59 Å². The first-order chi connectivity index (χ1) is 13.0. The summed E-state index contributed by atoms with van der Waals surface area (Å²) < 4.78 is 0.873. The Morgan fingerprint density at radius 3 is 2.30 bits per heavy atom. The molecule has 3 rings (SSSR count). The standard InChI is InChI=1S/C22H19IN2O2/c1-15(16-8-3-2-4-9-16)24-21(26)17-10-7-11-18(14-17)25-22(27)19-12-5-6-13-20(19)23/h2-15H,1H3,(H,24,26)(H,25,27). The zero-order chi connectivity index (χ0) is 19.2. The normalized spacial score (nSPS) is 11.5. The molecule has 27 heavy (non-hydrogen) atoms. The highest BCUT2D eigenvalue weighted by molar-refractivity contribution is 14.1. The van der Waals surface area contributed by atoms with E-state index in [0.29, 0.717) is 16.8 Å². The zero-order valence-corrected chi connectivity index (χ0v) is 16.9. The van der Waals surface area contributed by atoms with Gasteiger partial charge < -0.3 is 10.6 Å². The molecule has 3 aromatic carbocycles. The maximum absolute atomic E-state index is 12.6. The Morgan fingerprint density at radius 1 is 0.852 bits per heavy atom. The molecule has 0 spiro atoms. The quantitative estimate of drug-likeness (QED) is 0.514. The van der Waals surface area contributed by atoms with Crippen LogP contribution in [0.25, 0.3) is 0 Å². The lowest BCUT2D eigenvalue weighted by molar-refractivity contribution is 0.0938. The van der Waals surface area contributed by atoms with Gasteiger partial charge in [0, 0.05) is 14.8 Å². The lowest BCUT2D eigenvalue weighted by Crippen LogP contribution is -2.26. The van der Waals surface area contributed by atoms with Gasteiger partial charge >= 0.3 is 0 Å². The van der Waals surface area contributed by atoms with Crippen molar-refractivity contribution in [1.82, 2.24) is 5.32 Å². The third-order valence-corrected chi connectivity index (χ3v) is 5.09. The van der Waals surface area contributed by atoms with Crippen LogP contribution < -0.4 is 10.6 Å². The molecule has 2 N–H and O–H groups in total. The molecule has 3 aromatic rings. The Bertz CT molecular complexity index is 957. The first kappa shape index (κ1) is 19.1. The molecular formula is C22H19IN2O2. The third-order valence-electron chi connectivity index (χ3n) is 4.15. The molecule has 4 nitrogen and oxygen atoms in total. The van der Waals surface area contributed by atoms with Gasteiger partial charge in [0.25, 0.3) is 11.8 Å². The molecule has 0 radical (unpaired) electrons. The predicted molar refractivity (Wildman–Crippen MR) is 116 cm³/mol. The fourth-order valence-electron chi connectivity index (χ4n) is 2.69. The van der Waals surface area contributed by atoms with Crippen molar-refractivity contribution >= 4 is 40.1 Å². The number of halogens is 1. The van der Waals surface area contributed by atoms with Crippen molar-refractivity contribution in [1.29, 1.82) is 0 Å². The molecule has 0 aliphatic rings. The molecule has 136 valence electrons. The van der Waals surface area contributed by atoms with Crippen molar-refractivity contribution in [2.24, 2.45) is 0 Å². The summed E-state index contributed by atoms with van der Waals surface area (Å²) in [5, 5.41) is 5.84. The molecule has 0 aromatic heterocycles. The Balaban J connectivity index is 1.70. The summed E-state index contributed by atoms with van der Waals surface area (Å²) >= 11 is 2.13. The van der Waals surface area contributed by atoms with Crippen molar-refractivity contribution in [2.45, 2.75) is 13.0 Å². The highest BCUT2D eigenvalue weighted by Gasteiger charge is 2.13. The summed E-state index contributed by atoms with van der Waals surface area (Å²) in [7, 11) is 0. The van der Waals surface area contributed by atoms with Crippen LogP contribution in [0.2, 0.25) is 0 Å². The molecular weight excluding hydrogens is 451 g/mol. The van der Waals surface area contributed by atoms with Gasteiger partial charge in [-0.2, -0.15) is 0 Å². The van der Waals surface area contributed by atoms with Gasteiger partial charge in [-0.25, -0.2) is 0 Å². The summed E-state index contributed by atoms with van der Waals surface area (Å²) in [6.45, 7) is 1.94. The van der Waals surface area contributed by atoms with E-state index in [1.807, 2.05) is 55.5 Å². The second-order valence-electron chi connectivity index (χ2n) is 6.12. The first-order valence-corrected chi connectivity index (χ1v) is 9.64. The van der Waals surface area contributed by atoms with Crippen molar-refractivity contribution in [2.75, 3.05) is 5.32 Å². The minimum atomic E-state index is -0.199. The minimum Gasteiger partial charge on any atom is -0.346 e. The Hall–Kier alpha value is -2.67. The number of benzene rings is 3. The molecule has 2 amide bonds. The predicted octanol–water partition coefficient (Wildman–Crippen LogP) is 5.03. The van der Waals surface area contributed by atoms with E-state index in [1.165, 1.54) is 0 Å². The van der Waals surface area contributed by atoms with Gasteiger partial charge in [-0.15, -0.1) is 0 Å². The van der Waals surface area contributed by atoms with Crippen LogP contribution in [0, 0.1) is 3.57 Å². The van der Waals surface area contributed by atoms with Crippen LogP contribution in [-0.4, -0.2) is 11.8 Å². The van der Waals surface area contributed by atoms with Crippen molar-refractivity contribution in [3.8, 4) is 0 Å². The summed E-state index contributed by atoms with van der Waals surface area (Å²) in [5.74, 6) is -0.382. The molecule has 1 atom stereocenters. The lowest BCUT2D eigenvalue weighted by atomic mass is 10.1. The van der Waals surface area contributed by atoms with Gasteiger partial charge in [0.05, 0.1) is 11.6 Å². The van der Waals surface area contributed by atoms with Crippen molar-refractivity contribution in [3.05, 3.63) is 99.1 Å². The maximum Gasteiger partial charge on any atom is 0.256 e. The van der Waals surface area contributed by atoms with E-state index >= 15 is 0 Å². The largest absolute Gasteiger partial charge is 0.346 e. The van der Waals surface area contributed by atoms with Gasteiger partial charge in [0.2, 0.25) is 0 Å². The lowest BCUT2D eigenvalue weighted by Gasteiger charge is -2.15. The average molecular weight is 470 g/mol. The van der Waals surface area contributed by atoms with E-state index in [9.17, 15) is 9.59 Å². The molecule has 0 fully saturated rings. The second kappa shape index (κ2) is 8.81. The van der Waals surface area contributed by atoms with Gasteiger partial charge in [-0.05, 0) is 65.4 Å². The second-order valence-corrected chi connectivity index (χ2v) is 7.28. The van der Waals surface area contributed by atoms with Crippen LogP contribution in [-0.2, 0) is 0 Å². The average Bonchev–Trinajstić information content (AvgIpc) is 2.69. The van der Waals surface area contributed by atoms with E-state index in [-0.39, 0.29) is 17.9 Å². The SMILES string of the molecule is CC(NC(=O)c1cccc(NC(=O)c2ccccc2I)c1)c1ccccc1. The fraction of sp³-hybridized carbons (Fsp3) is 0.0909. The molecule has 0 aliphatic heterocycles. The number of hydrogen-bond donors (Lipinski definition) is 2. The maximum atomic E-state index is 12.6. The van der Waals surface area contributed by atoms with E-state index in [2.05, 4.69) is 33.2 Å². The van der Waals surface area contributed by atoms with E-state index < -0.39 is 0 Å². The monoisotopic (exact) mass is 470 g/mol. The number of hydrogen-bond acceptors (Lipinski definition) is 2. The van der Waals surface area contributed by atoms with Crippen LogP contribution in [0.4, 0.5) is 5.69 Å². The summed E-state index contributed by atoms with van der Waals surface area (Å²) in [4.78, 5) is 25.0. The molecule has 0 saturated carbocycles. The van der Waals surface area contributed by atoms with E-state index in [4.69, 9.17) is 0 Å². The van der Waals surface area contributed by atoms with Crippen LogP contribution in [0.5, 0.6) is 0 Å². The molecule has 0 heterocycles. The summed E-state index contributed by atoms with van der Waals surface area (Å²) in [6, 6.07) is 24.0. The fourth-order valence-corrected chi connectivity index (χ4v) is 3.32.